The number of pyridine rings is 1. The number of nitrogens with zero attached hydrogens (tertiary/aromatic N) is 2. The number of aliphatic hydroxyl groups is 1. The van der Waals surface area contributed by atoms with Crippen LogP contribution in [0.4, 0.5) is 14.5 Å². The van der Waals surface area contributed by atoms with E-state index in [1.807, 2.05) is 0 Å². The molecule has 1 saturated heterocycles. The first-order valence-electron chi connectivity index (χ1n) is 8.56. The summed E-state index contributed by atoms with van der Waals surface area (Å²) in [5, 5.41) is 18.9. The van der Waals surface area contributed by atoms with E-state index >= 15 is 8.78 Å². The standard InChI is InChI=1S/C18H21F2N3O4/c1-8-12-15(22(2)7-10(17(12)25)18(26)27)14(20)16(13(8)19)23-4-3-11(24)9(5-21)6-23/h7,9,11,24H,3-6,21H2,1-2H3,(H,26,27). The molecule has 9 heteroatoms. The van der Waals surface area contributed by atoms with Crippen molar-refractivity contribution in [1.82, 2.24) is 4.57 Å². The van der Waals surface area contributed by atoms with Crippen molar-refractivity contribution >= 4 is 22.6 Å². The number of rotatable bonds is 3. The fourth-order valence-corrected chi connectivity index (χ4v) is 3.73. The molecule has 2 aromatic rings. The van der Waals surface area contributed by atoms with Gasteiger partial charge < -0.3 is 25.4 Å². The number of piperidine rings is 1. The molecule has 1 aromatic carbocycles. The molecule has 2 atom stereocenters. The molecule has 0 amide bonds. The normalized spacial score (nSPS) is 20.3. The Balaban J connectivity index is 2.28. The van der Waals surface area contributed by atoms with E-state index in [1.54, 1.807) is 0 Å². The topological polar surface area (TPSA) is 109 Å². The lowest BCUT2D eigenvalue weighted by Gasteiger charge is -2.37. The van der Waals surface area contributed by atoms with Crippen molar-refractivity contribution in [3.63, 3.8) is 0 Å². The zero-order valence-electron chi connectivity index (χ0n) is 15.0. The first-order chi connectivity index (χ1) is 12.7. The second kappa shape index (κ2) is 6.90. The number of hydrogen-bond acceptors (Lipinski definition) is 5. The monoisotopic (exact) mass is 381 g/mol. The SMILES string of the molecule is Cc1c(F)c(N2CCC(O)C(CN)C2)c(F)c2c1c(=O)c(C(=O)O)cn2C. The zero-order chi connectivity index (χ0) is 20.0. The minimum Gasteiger partial charge on any atom is -0.477 e. The summed E-state index contributed by atoms with van der Waals surface area (Å²) >= 11 is 0. The number of fused-ring (bicyclic) bond motifs is 1. The first-order valence-corrected chi connectivity index (χ1v) is 8.56. The molecule has 146 valence electrons. The van der Waals surface area contributed by atoms with Gasteiger partial charge in [-0.15, -0.1) is 0 Å². The molecular formula is C18H21F2N3O4. The lowest BCUT2D eigenvalue weighted by molar-refractivity contribution is 0.0694. The number of nitrogens with two attached hydrogens (primary N) is 1. The highest BCUT2D eigenvalue weighted by Crippen LogP contribution is 2.35. The van der Waals surface area contributed by atoms with E-state index in [-0.39, 0.29) is 47.7 Å². The summed E-state index contributed by atoms with van der Waals surface area (Å²) in [6, 6.07) is 0. The van der Waals surface area contributed by atoms with Gasteiger partial charge in [0.15, 0.2) is 11.6 Å². The van der Waals surface area contributed by atoms with Crippen LogP contribution in [0.15, 0.2) is 11.0 Å². The van der Waals surface area contributed by atoms with E-state index in [9.17, 15) is 19.8 Å². The van der Waals surface area contributed by atoms with Gasteiger partial charge in [-0.3, -0.25) is 4.79 Å². The van der Waals surface area contributed by atoms with E-state index in [0.29, 0.717) is 6.42 Å². The third-order valence-electron chi connectivity index (χ3n) is 5.26. The Kier molecular flexibility index (Phi) is 4.92. The molecule has 0 spiro atoms. The number of carboxylic acids is 1. The predicted molar refractivity (Wildman–Crippen MR) is 96.2 cm³/mol. The molecule has 2 unspecified atom stereocenters. The average molecular weight is 381 g/mol. The van der Waals surface area contributed by atoms with E-state index < -0.39 is 34.7 Å². The maximum absolute atomic E-state index is 15.3. The van der Waals surface area contributed by atoms with Crippen LogP contribution in [0, 0.1) is 24.5 Å². The number of anilines is 1. The Morgan fingerprint density at radius 3 is 2.63 bits per heavy atom. The Bertz CT molecular complexity index is 989. The third kappa shape index (κ3) is 2.96. The van der Waals surface area contributed by atoms with Crippen molar-refractivity contribution in [2.45, 2.75) is 19.4 Å². The highest BCUT2D eigenvalue weighted by atomic mass is 19.1. The Labute approximate surface area is 153 Å². The van der Waals surface area contributed by atoms with Gasteiger partial charge in [0, 0.05) is 37.8 Å². The second-order valence-electron chi connectivity index (χ2n) is 6.91. The lowest BCUT2D eigenvalue weighted by atomic mass is 9.93. The molecule has 7 nitrogen and oxygen atoms in total. The van der Waals surface area contributed by atoms with Crippen LogP contribution in [0.5, 0.6) is 0 Å². The minimum absolute atomic E-state index is 0.111. The number of aliphatic hydroxyl groups excluding tert-OH is 1. The summed E-state index contributed by atoms with van der Waals surface area (Å²) in [4.78, 5) is 25.2. The smallest absolute Gasteiger partial charge is 0.341 e. The molecule has 0 aliphatic carbocycles. The van der Waals surface area contributed by atoms with E-state index in [2.05, 4.69) is 0 Å². The molecule has 27 heavy (non-hydrogen) atoms. The van der Waals surface area contributed by atoms with Crippen LogP contribution in [0.1, 0.15) is 22.3 Å². The average Bonchev–Trinajstić information content (AvgIpc) is 2.62. The number of aromatic nitrogens is 1. The number of aryl methyl sites for hydroxylation is 2. The summed E-state index contributed by atoms with van der Waals surface area (Å²) in [7, 11) is 1.40. The summed E-state index contributed by atoms with van der Waals surface area (Å²) in [6.45, 7) is 1.91. The van der Waals surface area contributed by atoms with Crippen LogP contribution in [0.2, 0.25) is 0 Å². The van der Waals surface area contributed by atoms with Gasteiger partial charge in [0.25, 0.3) is 0 Å². The van der Waals surface area contributed by atoms with Gasteiger partial charge in [0.05, 0.1) is 17.0 Å². The first kappa shape index (κ1) is 19.2. The number of aromatic carboxylic acids is 1. The second-order valence-corrected chi connectivity index (χ2v) is 6.91. The summed E-state index contributed by atoms with van der Waals surface area (Å²) in [5.74, 6) is -3.63. The Morgan fingerprint density at radius 2 is 2.04 bits per heavy atom. The number of carboxylic acid groups (broad SMARTS) is 1. The van der Waals surface area contributed by atoms with E-state index in [4.69, 9.17) is 5.73 Å². The van der Waals surface area contributed by atoms with Crippen molar-refractivity contribution in [2.24, 2.45) is 18.7 Å². The molecule has 1 aromatic heterocycles. The van der Waals surface area contributed by atoms with Gasteiger partial charge in [0.2, 0.25) is 5.43 Å². The lowest BCUT2D eigenvalue weighted by Crippen LogP contribution is -2.47. The van der Waals surface area contributed by atoms with Gasteiger partial charge in [-0.25, -0.2) is 13.6 Å². The fraction of sp³-hybridized carbons (Fsp3) is 0.444. The predicted octanol–water partition coefficient (Wildman–Crippen LogP) is 0.969. The van der Waals surface area contributed by atoms with Crippen molar-refractivity contribution in [2.75, 3.05) is 24.5 Å². The van der Waals surface area contributed by atoms with Gasteiger partial charge in [-0.1, -0.05) is 0 Å². The summed E-state index contributed by atoms with van der Waals surface area (Å²) in [6.07, 6.45) is 0.704. The summed E-state index contributed by atoms with van der Waals surface area (Å²) < 4.78 is 31.6. The van der Waals surface area contributed by atoms with E-state index in [1.165, 1.54) is 23.4 Å². The highest BCUT2D eigenvalue weighted by molar-refractivity contribution is 5.95. The maximum Gasteiger partial charge on any atom is 0.341 e. The molecule has 1 aliphatic heterocycles. The molecular weight excluding hydrogens is 360 g/mol. The van der Waals surface area contributed by atoms with Gasteiger partial charge in [-0.2, -0.15) is 0 Å². The number of benzene rings is 1. The van der Waals surface area contributed by atoms with Crippen molar-refractivity contribution in [3.05, 3.63) is 39.2 Å². The van der Waals surface area contributed by atoms with Gasteiger partial charge >= 0.3 is 5.97 Å². The molecule has 1 aliphatic rings. The van der Waals surface area contributed by atoms with Crippen LogP contribution >= 0.6 is 0 Å². The Hall–Kier alpha value is -2.52. The molecule has 3 rings (SSSR count). The largest absolute Gasteiger partial charge is 0.477 e. The number of hydrogen-bond donors (Lipinski definition) is 3. The Morgan fingerprint density at radius 1 is 1.37 bits per heavy atom. The third-order valence-corrected chi connectivity index (χ3v) is 5.26. The number of halogens is 2. The quantitative estimate of drug-likeness (QED) is 0.731. The van der Waals surface area contributed by atoms with E-state index in [0.717, 1.165) is 6.20 Å². The fourth-order valence-electron chi connectivity index (χ4n) is 3.73. The van der Waals surface area contributed by atoms with Crippen molar-refractivity contribution in [1.29, 1.82) is 0 Å². The van der Waals surface area contributed by atoms with Crippen LogP contribution in [-0.4, -0.2) is 46.5 Å². The molecule has 0 radical (unpaired) electrons. The minimum atomic E-state index is -1.46. The molecule has 2 heterocycles. The summed E-state index contributed by atoms with van der Waals surface area (Å²) in [5.41, 5.74) is 3.61. The zero-order valence-corrected chi connectivity index (χ0v) is 15.0. The van der Waals surface area contributed by atoms with Crippen LogP contribution < -0.4 is 16.1 Å². The van der Waals surface area contributed by atoms with Gasteiger partial charge in [0.1, 0.15) is 11.3 Å². The highest BCUT2D eigenvalue weighted by Gasteiger charge is 2.32. The van der Waals surface area contributed by atoms with Crippen LogP contribution in [0.3, 0.4) is 0 Å². The maximum atomic E-state index is 15.3. The van der Waals surface area contributed by atoms with Gasteiger partial charge in [-0.05, 0) is 19.9 Å². The molecule has 1 fully saturated rings. The van der Waals surface area contributed by atoms with Crippen molar-refractivity contribution < 1.29 is 23.8 Å². The molecule has 0 saturated carbocycles. The molecule has 0 bridgehead atoms. The van der Waals surface area contributed by atoms with Crippen LogP contribution in [0.25, 0.3) is 10.9 Å². The van der Waals surface area contributed by atoms with Crippen molar-refractivity contribution in [3.8, 4) is 0 Å². The van der Waals surface area contributed by atoms with Crippen LogP contribution in [-0.2, 0) is 7.05 Å². The molecule has 4 N–H and O–H groups in total. The number of carbonyl (C=O) groups is 1.